The first kappa shape index (κ1) is 15.3. The molecule has 0 aliphatic rings. The van der Waals surface area contributed by atoms with Crippen LogP contribution in [0.3, 0.4) is 0 Å². The van der Waals surface area contributed by atoms with Gasteiger partial charge in [0.15, 0.2) is 0 Å². The van der Waals surface area contributed by atoms with E-state index >= 15 is 0 Å². The number of furan rings is 1. The maximum atomic E-state index is 11.9. The number of sulfonamides is 1. The molecule has 0 aliphatic heterocycles. The summed E-state index contributed by atoms with van der Waals surface area (Å²) < 4.78 is 34.8. The summed E-state index contributed by atoms with van der Waals surface area (Å²) in [6.07, 6.45) is 2.98. The lowest BCUT2D eigenvalue weighted by molar-refractivity contribution is 0.0472. The second-order valence-corrected chi connectivity index (χ2v) is 6.67. The van der Waals surface area contributed by atoms with Gasteiger partial charge in [0, 0.05) is 19.7 Å². The Labute approximate surface area is 123 Å². The van der Waals surface area contributed by atoms with Crippen molar-refractivity contribution in [3.63, 3.8) is 0 Å². The molecule has 1 aromatic heterocycles. The van der Waals surface area contributed by atoms with Gasteiger partial charge in [-0.2, -0.15) is 0 Å². The van der Waals surface area contributed by atoms with Gasteiger partial charge in [0.25, 0.3) is 0 Å². The summed E-state index contributed by atoms with van der Waals surface area (Å²) in [5.41, 5.74) is 1.03. The number of carbonyl (C=O) groups excluding carboxylic acids is 1. The molecule has 0 saturated heterocycles. The third kappa shape index (κ3) is 3.50. The highest BCUT2D eigenvalue weighted by Crippen LogP contribution is 2.15. The number of hydrogen-bond acceptors (Lipinski definition) is 5. The van der Waals surface area contributed by atoms with Gasteiger partial charge in [0.05, 0.1) is 23.0 Å². The van der Waals surface area contributed by atoms with Gasteiger partial charge in [-0.25, -0.2) is 17.5 Å². The Morgan fingerprint density at radius 1 is 1.19 bits per heavy atom. The molecule has 0 atom stereocenters. The van der Waals surface area contributed by atoms with Gasteiger partial charge in [-0.05, 0) is 30.3 Å². The largest absolute Gasteiger partial charge is 0.472 e. The fraction of sp³-hybridized carbons (Fsp3) is 0.214. The van der Waals surface area contributed by atoms with Crippen LogP contribution in [-0.2, 0) is 21.4 Å². The van der Waals surface area contributed by atoms with Crippen LogP contribution < -0.4 is 0 Å². The molecular weight excluding hydrogens is 294 g/mol. The van der Waals surface area contributed by atoms with E-state index in [2.05, 4.69) is 0 Å². The molecule has 0 spiro atoms. The van der Waals surface area contributed by atoms with Crippen LogP contribution in [-0.4, -0.2) is 32.8 Å². The summed E-state index contributed by atoms with van der Waals surface area (Å²) in [5, 5.41) is 0. The number of hydrogen-bond donors (Lipinski definition) is 0. The zero-order valence-electron chi connectivity index (χ0n) is 11.6. The van der Waals surface area contributed by atoms with E-state index in [4.69, 9.17) is 9.15 Å². The van der Waals surface area contributed by atoms with Gasteiger partial charge in [-0.15, -0.1) is 0 Å². The van der Waals surface area contributed by atoms with Gasteiger partial charge in [-0.1, -0.05) is 0 Å². The van der Waals surface area contributed by atoms with Crippen molar-refractivity contribution in [3.05, 3.63) is 54.0 Å². The molecule has 1 heterocycles. The lowest BCUT2D eigenvalue weighted by Crippen LogP contribution is -2.22. The lowest BCUT2D eigenvalue weighted by atomic mass is 10.2. The fourth-order valence-corrected chi connectivity index (χ4v) is 2.48. The Balaban J connectivity index is 2.07. The third-order valence-electron chi connectivity index (χ3n) is 2.82. The predicted octanol–water partition coefficient (Wildman–Crippen LogP) is 1.89. The van der Waals surface area contributed by atoms with Crippen LogP contribution >= 0.6 is 0 Å². The zero-order chi connectivity index (χ0) is 15.5. The van der Waals surface area contributed by atoms with E-state index in [1.165, 1.54) is 50.9 Å². The van der Waals surface area contributed by atoms with Crippen LogP contribution in [0.5, 0.6) is 0 Å². The van der Waals surface area contributed by atoms with Crippen molar-refractivity contribution in [1.82, 2.24) is 4.31 Å². The van der Waals surface area contributed by atoms with E-state index in [0.29, 0.717) is 0 Å². The van der Waals surface area contributed by atoms with Crippen molar-refractivity contribution in [2.75, 3.05) is 14.1 Å². The topological polar surface area (TPSA) is 76.8 Å². The van der Waals surface area contributed by atoms with Crippen LogP contribution in [0.4, 0.5) is 0 Å². The van der Waals surface area contributed by atoms with Crippen molar-refractivity contribution in [1.29, 1.82) is 0 Å². The van der Waals surface area contributed by atoms with Crippen molar-refractivity contribution >= 4 is 16.0 Å². The number of carbonyl (C=O) groups is 1. The molecule has 0 saturated carbocycles. The van der Waals surface area contributed by atoms with E-state index in [9.17, 15) is 13.2 Å². The Kier molecular flexibility index (Phi) is 4.44. The lowest BCUT2D eigenvalue weighted by Gasteiger charge is -2.11. The molecule has 2 aromatic rings. The minimum absolute atomic E-state index is 0.104. The van der Waals surface area contributed by atoms with Crippen LogP contribution in [0.1, 0.15) is 15.9 Å². The molecule has 0 bridgehead atoms. The van der Waals surface area contributed by atoms with Crippen LogP contribution in [0.25, 0.3) is 0 Å². The standard InChI is InChI=1S/C14H15NO5S/c1-15(2)21(17,18)13-5-3-12(4-6-13)14(16)20-10-11-7-8-19-9-11/h3-9H,10H2,1-2H3. The average molecular weight is 309 g/mol. The van der Waals surface area contributed by atoms with E-state index in [-0.39, 0.29) is 17.1 Å². The zero-order valence-corrected chi connectivity index (χ0v) is 12.5. The quantitative estimate of drug-likeness (QED) is 0.788. The summed E-state index contributed by atoms with van der Waals surface area (Å²) in [6, 6.07) is 7.30. The van der Waals surface area contributed by atoms with E-state index < -0.39 is 16.0 Å². The van der Waals surface area contributed by atoms with Gasteiger partial charge < -0.3 is 9.15 Å². The molecule has 21 heavy (non-hydrogen) atoms. The normalized spacial score (nSPS) is 11.6. The van der Waals surface area contributed by atoms with Crippen molar-refractivity contribution in [2.24, 2.45) is 0 Å². The number of benzene rings is 1. The Hall–Kier alpha value is -2.12. The number of ether oxygens (including phenoxy) is 1. The van der Waals surface area contributed by atoms with Crippen LogP contribution in [0, 0.1) is 0 Å². The van der Waals surface area contributed by atoms with Gasteiger partial charge in [0.2, 0.25) is 10.0 Å². The average Bonchev–Trinajstić information content (AvgIpc) is 2.98. The van der Waals surface area contributed by atoms with Crippen LogP contribution in [0.15, 0.2) is 52.2 Å². The summed E-state index contributed by atoms with van der Waals surface area (Å²) >= 11 is 0. The first-order valence-electron chi connectivity index (χ1n) is 6.12. The summed E-state index contributed by atoms with van der Waals surface area (Å²) in [5.74, 6) is -0.523. The maximum absolute atomic E-state index is 11.9. The highest BCUT2D eigenvalue weighted by atomic mass is 32.2. The molecule has 7 heteroatoms. The van der Waals surface area contributed by atoms with E-state index in [0.717, 1.165) is 9.87 Å². The summed E-state index contributed by atoms with van der Waals surface area (Å²) in [7, 11) is -0.605. The minimum atomic E-state index is -3.50. The third-order valence-corrected chi connectivity index (χ3v) is 4.65. The van der Waals surface area contributed by atoms with Crippen molar-refractivity contribution < 1.29 is 22.4 Å². The highest BCUT2D eigenvalue weighted by molar-refractivity contribution is 7.89. The molecule has 1 aromatic carbocycles. The van der Waals surface area contributed by atoms with Gasteiger partial charge >= 0.3 is 5.97 Å². The molecule has 6 nitrogen and oxygen atoms in total. The highest BCUT2D eigenvalue weighted by Gasteiger charge is 2.17. The molecule has 2 rings (SSSR count). The van der Waals surface area contributed by atoms with E-state index in [1.54, 1.807) is 6.07 Å². The second kappa shape index (κ2) is 6.11. The Bertz CT molecular complexity index is 702. The number of rotatable bonds is 5. The predicted molar refractivity (Wildman–Crippen MR) is 75.1 cm³/mol. The van der Waals surface area contributed by atoms with Crippen LogP contribution in [0.2, 0.25) is 0 Å². The Morgan fingerprint density at radius 3 is 2.38 bits per heavy atom. The molecule has 112 valence electrons. The second-order valence-electron chi connectivity index (χ2n) is 4.52. The van der Waals surface area contributed by atoms with Crippen molar-refractivity contribution in [3.8, 4) is 0 Å². The Morgan fingerprint density at radius 2 is 1.86 bits per heavy atom. The first-order valence-corrected chi connectivity index (χ1v) is 7.56. The molecule has 0 N–H and O–H groups in total. The molecule has 0 fully saturated rings. The smallest absolute Gasteiger partial charge is 0.338 e. The molecule has 0 unspecified atom stereocenters. The number of nitrogens with zero attached hydrogens (tertiary/aromatic N) is 1. The fourth-order valence-electron chi connectivity index (χ4n) is 1.58. The van der Waals surface area contributed by atoms with Gasteiger partial charge in [-0.3, -0.25) is 0 Å². The summed E-state index contributed by atoms with van der Waals surface area (Å²) in [4.78, 5) is 11.9. The SMILES string of the molecule is CN(C)S(=O)(=O)c1ccc(C(=O)OCc2ccoc2)cc1. The molecular formula is C14H15NO5S. The molecule has 0 radical (unpaired) electrons. The first-order chi connectivity index (χ1) is 9.91. The van der Waals surface area contributed by atoms with E-state index in [1.807, 2.05) is 0 Å². The van der Waals surface area contributed by atoms with Crippen molar-refractivity contribution in [2.45, 2.75) is 11.5 Å². The number of esters is 1. The van der Waals surface area contributed by atoms with Gasteiger partial charge in [0.1, 0.15) is 6.61 Å². The monoisotopic (exact) mass is 309 g/mol. The summed E-state index contributed by atoms with van der Waals surface area (Å²) in [6.45, 7) is 0.104. The maximum Gasteiger partial charge on any atom is 0.338 e. The molecule has 0 amide bonds. The minimum Gasteiger partial charge on any atom is -0.472 e. The molecule has 0 aliphatic carbocycles.